The second-order valence-electron chi connectivity index (χ2n) is 5.17. The van der Waals surface area contributed by atoms with Crippen LogP contribution in [-0.2, 0) is 10.8 Å². The first kappa shape index (κ1) is 14.5. The van der Waals surface area contributed by atoms with Crippen LogP contribution in [0.25, 0.3) is 0 Å². The second kappa shape index (κ2) is 7.06. The molecule has 0 saturated heterocycles. The first-order valence-electron chi connectivity index (χ1n) is 6.88. The van der Waals surface area contributed by atoms with Crippen molar-refractivity contribution in [2.45, 2.75) is 25.3 Å². The lowest BCUT2D eigenvalue weighted by atomic mass is 10.0. The SMILES string of the molecule is COc1ccc(C(NCCCS(C)=O)C2CC2)cc1. The van der Waals surface area contributed by atoms with Gasteiger partial charge in [-0.2, -0.15) is 0 Å². The van der Waals surface area contributed by atoms with E-state index in [1.165, 1.54) is 18.4 Å². The van der Waals surface area contributed by atoms with E-state index >= 15 is 0 Å². The van der Waals surface area contributed by atoms with Crippen LogP contribution in [0.5, 0.6) is 5.75 Å². The summed E-state index contributed by atoms with van der Waals surface area (Å²) in [4.78, 5) is 0. The van der Waals surface area contributed by atoms with E-state index in [9.17, 15) is 4.21 Å². The van der Waals surface area contributed by atoms with E-state index in [1.807, 2.05) is 12.1 Å². The summed E-state index contributed by atoms with van der Waals surface area (Å²) in [5, 5.41) is 3.62. The molecule has 0 radical (unpaired) electrons. The zero-order valence-electron chi connectivity index (χ0n) is 11.7. The molecule has 0 spiro atoms. The first-order valence-corrected chi connectivity index (χ1v) is 8.61. The fourth-order valence-corrected chi connectivity index (χ4v) is 2.88. The van der Waals surface area contributed by atoms with Crippen molar-refractivity contribution in [3.05, 3.63) is 29.8 Å². The maximum Gasteiger partial charge on any atom is 0.118 e. The third-order valence-electron chi connectivity index (χ3n) is 3.54. The quantitative estimate of drug-likeness (QED) is 0.744. The number of hydrogen-bond donors (Lipinski definition) is 1. The molecule has 1 aromatic carbocycles. The Labute approximate surface area is 118 Å². The zero-order chi connectivity index (χ0) is 13.7. The van der Waals surface area contributed by atoms with Gasteiger partial charge in [-0.3, -0.25) is 4.21 Å². The van der Waals surface area contributed by atoms with E-state index in [0.717, 1.165) is 30.4 Å². The molecule has 1 N–H and O–H groups in total. The van der Waals surface area contributed by atoms with Crippen molar-refractivity contribution in [2.24, 2.45) is 5.92 Å². The van der Waals surface area contributed by atoms with Crippen molar-refractivity contribution in [1.82, 2.24) is 5.32 Å². The van der Waals surface area contributed by atoms with Crippen molar-refractivity contribution in [3.8, 4) is 5.75 Å². The van der Waals surface area contributed by atoms with Crippen LogP contribution >= 0.6 is 0 Å². The lowest BCUT2D eigenvalue weighted by molar-refractivity contribution is 0.413. The molecule has 1 aliphatic carbocycles. The Morgan fingerprint density at radius 3 is 2.58 bits per heavy atom. The van der Waals surface area contributed by atoms with Gasteiger partial charge in [0.05, 0.1) is 7.11 Å². The molecule has 3 nitrogen and oxygen atoms in total. The lowest BCUT2D eigenvalue weighted by Crippen LogP contribution is -2.25. The van der Waals surface area contributed by atoms with Crippen LogP contribution in [0.3, 0.4) is 0 Å². The highest BCUT2D eigenvalue weighted by Gasteiger charge is 2.31. The van der Waals surface area contributed by atoms with Crippen LogP contribution in [-0.4, -0.2) is 29.9 Å². The summed E-state index contributed by atoms with van der Waals surface area (Å²) in [7, 11) is 1.01. The molecule has 1 aromatic rings. The Bertz CT molecular complexity index is 415. The number of benzene rings is 1. The van der Waals surface area contributed by atoms with Gasteiger partial charge in [0.2, 0.25) is 0 Å². The first-order chi connectivity index (χ1) is 9.20. The van der Waals surface area contributed by atoms with Crippen LogP contribution < -0.4 is 10.1 Å². The molecule has 2 unspecified atom stereocenters. The highest BCUT2D eigenvalue weighted by molar-refractivity contribution is 7.84. The minimum absolute atomic E-state index is 0.441. The Morgan fingerprint density at radius 1 is 1.37 bits per heavy atom. The maximum atomic E-state index is 11.0. The van der Waals surface area contributed by atoms with Gasteiger partial charge in [0.15, 0.2) is 0 Å². The van der Waals surface area contributed by atoms with Crippen LogP contribution in [0.15, 0.2) is 24.3 Å². The molecule has 1 fully saturated rings. The summed E-state index contributed by atoms with van der Waals surface area (Å²) in [6.45, 7) is 0.937. The van der Waals surface area contributed by atoms with Crippen molar-refractivity contribution in [2.75, 3.05) is 25.7 Å². The average molecular weight is 281 g/mol. The molecule has 0 heterocycles. The molecule has 2 rings (SSSR count). The monoisotopic (exact) mass is 281 g/mol. The second-order valence-corrected chi connectivity index (χ2v) is 6.73. The van der Waals surface area contributed by atoms with Crippen LogP contribution in [0.2, 0.25) is 0 Å². The van der Waals surface area contributed by atoms with E-state index in [1.54, 1.807) is 13.4 Å². The largest absolute Gasteiger partial charge is 0.497 e. The minimum Gasteiger partial charge on any atom is -0.497 e. The Balaban J connectivity index is 1.89. The molecule has 0 bridgehead atoms. The summed E-state index contributed by atoms with van der Waals surface area (Å²) in [5.41, 5.74) is 1.33. The van der Waals surface area contributed by atoms with Gasteiger partial charge in [-0.1, -0.05) is 12.1 Å². The fourth-order valence-electron chi connectivity index (χ4n) is 2.33. The van der Waals surface area contributed by atoms with Gasteiger partial charge < -0.3 is 10.1 Å². The Hall–Kier alpha value is -0.870. The Morgan fingerprint density at radius 2 is 2.05 bits per heavy atom. The van der Waals surface area contributed by atoms with E-state index in [4.69, 9.17) is 4.74 Å². The molecule has 2 atom stereocenters. The molecule has 106 valence electrons. The predicted molar refractivity (Wildman–Crippen MR) is 80.0 cm³/mol. The van der Waals surface area contributed by atoms with Crippen molar-refractivity contribution >= 4 is 10.8 Å². The van der Waals surface area contributed by atoms with Gasteiger partial charge in [0.25, 0.3) is 0 Å². The third-order valence-corrected chi connectivity index (χ3v) is 4.40. The summed E-state index contributed by atoms with van der Waals surface area (Å²) in [6, 6.07) is 8.77. The molecule has 0 aliphatic heterocycles. The van der Waals surface area contributed by atoms with E-state index in [-0.39, 0.29) is 0 Å². The van der Waals surface area contributed by atoms with Crippen LogP contribution in [0.4, 0.5) is 0 Å². The van der Waals surface area contributed by atoms with Gasteiger partial charge in [0.1, 0.15) is 5.75 Å². The standard InChI is InChI=1S/C15H23NO2S/c1-18-14-8-6-13(7-9-14)15(12-4-5-12)16-10-3-11-19(2)17/h6-9,12,15-16H,3-5,10-11H2,1-2H3. The molecule has 1 aliphatic rings. The van der Waals surface area contributed by atoms with Crippen molar-refractivity contribution < 1.29 is 8.95 Å². The van der Waals surface area contributed by atoms with Gasteiger partial charge in [-0.15, -0.1) is 0 Å². The normalized spacial score (nSPS) is 18.0. The van der Waals surface area contributed by atoms with Crippen LogP contribution in [0.1, 0.15) is 30.9 Å². The van der Waals surface area contributed by atoms with Gasteiger partial charge in [-0.25, -0.2) is 0 Å². The maximum absolute atomic E-state index is 11.0. The zero-order valence-corrected chi connectivity index (χ0v) is 12.5. The molecule has 0 aromatic heterocycles. The van der Waals surface area contributed by atoms with Crippen LogP contribution in [0, 0.1) is 5.92 Å². The number of ether oxygens (including phenoxy) is 1. The number of rotatable bonds is 8. The van der Waals surface area contributed by atoms with Gasteiger partial charge in [0, 0.05) is 28.9 Å². The molecule has 1 saturated carbocycles. The number of methoxy groups -OCH3 is 1. The van der Waals surface area contributed by atoms with E-state index in [2.05, 4.69) is 17.4 Å². The highest BCUT2D eigenvalue weighted by atomic mass is 32.2. The van der Waals surface area contributed by atoms with Gasteiger partial charge in [-0.05, 0) is 49.4 Å². The number of nitrogens with one attached hydrogen (secondary N) is 1. The molecule has 4 heteroatoms. The summed E-state index contributed by atoms with van der Waals surface area (Å²) < 4.78 is 16.2. The fraction of sp³-hybridized carbons (Fsp3) is 0.600. The van der Waals surface area contributed by atoms with Crippen molar-refractivity contribution in [3.63, 3.8) is 0 Å². The molecular formula is C15H23NO2S. The molecule has 19 heavy (non-hydrogen) atoms. The number of hydrogen-bond acceptors (Lipinski definition) is 3. The Kier molecular flexibility index (Phi) is 5.40. The highest BCUT2D eigenvalue weighted by Crippen LogP contribution is 2.41. The molecular weight excluding hydrogens is 258 g/mol. The molecule has 0 amide bonds. The van der Waals surface area contributed by atoms with Crippen molar-refractivity contribution in [1.29, 1.82) is 0 Å². The summed E-state index contributed by atoms with van der Waals surface area (Å²) >= 11 is 0. The van der Waals surface area contributed by atoms with E-state index in [0.29, 0.717) is 6.04 Å². The minimum atomic E-state index is -0.681. The predicted octanol–water partition coefficient (Wildman–Crippen LogP) is 2.50. The lowest BCUT2D eigenvalue weighted by Gasteiger charge is -2.19. The average Bonchev–Trinajstić information content (AvgIpc) is 3.23. The van der Waals surface area contributed by atoms with Gasteiger partial charge >= 0.3 is 0 Å². The summed E-state index contributed by atoms with van der Waals surface area (Å²) in [5.74, 6) is 2.45. The van der Waals surface area contributed by atoms with E-state index < -0.39 is 10.8 Å². The smallest absolute Gasteiger partial charge is 0.118 e. The topological polar surface area (TPSA) is 38.3 Å². The third kappa shape index (κ3) is 4.62. The summed E-state index contributed by atoms with van der Waals surface area (Å²) in [6.07, 6.45) is 5.36.